The molecule has 0 bridgehead atoms. The zero-order chi connectivity index (χ0) is 12.8. The van der Waals surface area contributed by atoms with Crippen LogP contribution in [0.3, 0.4) is 0 Å². The average molecular weight is 250 g/mol. The summed E-state index contributed by atoms with van der Waals surface area (Å²) in [6.45, 7) is 5.83. The number of ether oxygens (including phenoxy) is 1. The van der Waals surface area contributed by atoms with Gasteiger partial charge in [-0.15, -0.1) is 0 Å². The van der Waals surface area contributed by atoms with Crippen LogP contribution in [0.25, 0.3) is 0 Å². The minimum absolute atomic E-state index is 0.0287. The number of rotatable bonds is 2. The van der Waals surface area contributed by atoms with Crippen molar-refractivity contribution < 1.29 is 14.1 Å². The number of hydrogen-bond acceptors (Lipinski definition) is 4. The molecule has 2 fully saturated rings. The Balaban J connectivity index is 1.89. The zero-order valence-electron chi connectivity index (χ0n) is 10.8. The highest BCUT2D eigenvalue weighted by molar-refractivity contribution is 5.94. The molecule has 1 amide bonds. The number of aromatic nitrogens is 1. The summed E-state index contributed by atoms with van der Waals surface area (Å²) in [6, 6.07) is 0. The van der Waals surface area contributed by atoms with Crippen LogP contribution in [0.1, 0.15) is 35.8 Å². The van der Waals surface area contributed by atoms with E-state index in [2.05, 4.69) is 12.1 Å². The number of nitrogens with zero attached hydrogens (tertiary/aromatic N) is 2. The van der Waals surface area contributed by atoms with Gasteiger partial charge < -0.3 is 14.2 Å². The van der Waals surface area contributed by atoms with Gasteiger partial charge in [0.2, 0.25) is 0 Å². The largest absolute Gasteiger partial charge is 0.377 e. The van der Waals surface area contributed by atoms with Gasteiger partial charge in [0, 0.05) is 12.1 Å². The smallest absolute Gasteiger partial charge is 0.276 e. The van der Waals surface area contributed by atoms with Crippen molar-refractivity contribution in [2.45, 2.75) is 32.2 Å². The maximum Gasteiger partial charge on any atom is 0.276 e. The number of morpholine rings is 1. The summed E-state index contributed by atoms with van der Waals surface area (Å²) in [5.41, 5.74) is 1.05. The summed E-state index contributed by atoms with van der Waals surface area (Å²) in [6.07, 6.45) is 3.88. The first kappa shape index (κ1) is 11.7. The Hall–Kier alpha value is -1.36. The van der Waals surface area contributed by atoms with Crippen molar-refractivity contribution >= 4 is 5.91 Å². The maximum atomic E-state index is 12.6. The second-order valence-corrected chi connectivity index (χ2v) is 5.49. The van der Waals surface area contributed by atoms with Gasteiger partial charge in [0.1, 0.15) is 6.26 Å². The van der Waals surface area contributed by atoms with E-state index in [1.165, 1.54) is 19.1 Å². The molecule has 1 unspecified atom stereocenters. The van der Waals surface area contributed by atoms with Crippen molar-refractivity contribution in [3.8, 4) is 0 Å². The molecule has 1 aromatic rings. The Bertz CT molecular complexity index is 467. The Kier molecular flexibility index (Phi) is 2.66. The highest BCUT2D eigenvalue weighted by atomic mass is 16.5. The molecule has 1 saturated carbocycles. The molecule has 0 aromatic carbocycles. The van der Waals surface area contributed by atoms with Gasteiger partial charge in [-0.2, -0.15) is 0 Å². The first-order valence-electron chi connectivity index (χ1n) is 6.43. The highest BCUT2D eigenvalue weighted by Crippen LogP contribution is 2.44. The maximum absolute atomic E-state index is 12.6. The van der Waals surface area contributed by atoms with E-state index < -0.39 is 0 Å². The van der Waals surface area contributed by atoms with Crippen LogP contribution >= 0.6 is 0 Å². The fourth-order valence-electron chi connectivity index (χ4n) is 2.77. The number of hydrogen-bond donors (Lipinski definition) is 0. The van der Waals surface area contributed by atoms with Gasteiger partial charge in [0.05, 0.1) is 18.8 Å². The normalized spacial score (nSPS) is 28.4. The second-order valence-electron chi connectivity index (χ2n) is 5.49. The number of carbonyl (C=O) groups is 1. The van der Waals surface area contributed by atoms with Crippen LogP contribution in [-0.4, -0.2) is 41.3 Å². The lowest BCUT2D eigenvalue weighted by Gasteiger charge is -2.44. The standard InChI is InChI=1S/C13H18N2O3/c1-9-7-18-14-11(9)12(16)15-5-6-17-8-13(15,2)10-3-4-10/h7,10H,3-6,8H2,1-2H3. The SMILES string of the molecule is Cc1conc1C(=O)N1CCOCC1(C)C1CC1. The van der Waals surface area contributed by atoms with Crippen LogP contribution in [0, 0.1) is 12.8 Å². The third kappa shape index (κ3) is 1.73. The fraction of sp³-hybridized carbons (Fsp3) is 0.692. The molecule has 1 saturated heterocycles. The van der Waals surface area contributed by atoms with Gasteiger partial charge in [-0.1, -0.05) is 5.16 Å². The fourth-order valence-corrected chi connectivity index (χ4v) is 2.77. The van der Waals surface area contributed by atoms with E-state index in [-0.39, 0.29) is 11.4 Å². The summed E-state index contributed by atoms with van der Waals surface area (Å²) in [7, 11) is 0. The van der Waals surface area contributed by atoms with Crippen molar-refractivity contribution in [3.05, 3.63) is 17.5 Å². The van der Waals surface area contributed by atoms with Crippen LogP contribution in [0.5, 0.6) is 0 Å². The van der Waals surface area contributed by atoms with E-state index in [9.17, 15) is 4.79 Å². The quantitative estimate of drug-likeness (QED) is 0.800. The van der Waals surface area contributed by atoms with E-state index in [0.717, 1.165) is 5.56 Å². The predicted molar refractivity (Wildman–Crippen MR) is 64.2 cm³/mol. The van der Waals surface area contributed by atoms with Crippen LogP contribution in [-0.2, 0) is 4.74 Å². The molecule has 2 heterocycles. The average Bonchev–Trinajstić information content (AvgIpc) is 3.13. The van der Waals surface area contributed by atoms with E-state index in [0.29, 0.717) is 31.4 Å². The number of carbonyl (C=O) groups excluding carboxylic acids is 1. The molecular weight excluding hydrogens is 232 g/mol. The van der Waals surface area contributed by atoms with E-state index >= 15 is 0 Å². The zero-order valence-corrected chi connectivity index (χ0v) is 10.8. The topological polar surface area (TPSA) is 55.6 Å². The molecule has 2 aliphatic rings. The van der Waals surface area contributed by atoms with E-state index in [1.807, 2.05) is 11.8 Å². The molecule has 3 rings (SSSR count). The molecule has 5 nitrogen and oxygen atoms in total. The minimum atomic E-state index is -0.180. The molecule has 0 spiro atoms. The molecule has 1 atom stereocenters. The van der Waals surface area contributed by atoms with Crippen molar-refractivity contribution in [2.24, 2.45) is 5.92 Å². The van der Waals surface area contributed by atoms with E-state index in [1.54, 1.807) is 0 Å². The van der Waals surface area contributed by atoms with Crippen molar-refractivity contribution in [2.75, 3.05) is 19.8 Å². The number of amides is 1. The van der Waals surface area contributed by atoms with Gasteiger partial charge in [0.15, 0.2) is 5.69 Å². The van der Waals surface area contributed by atoms with Crippen molar-refractivity contribution in [3.63, 3.8) is 0 Å². The molecular formula is C13H18N2O3. The Morgan fingerprint density at radius 2 is 2.33 bits per heavy atom. The summed E-state index contributed by atoms with van der Waals surface area (Å²) < 4.78 is 10.4. The molecule has 1 aliphatic heterocycles. The summed E-state index contributed by atoms with van der Waals surface area (Å²) in [4.78, 5) is 14.5. The first-order valence-corrected chi connectivity index (χ1v) is 6.43. The van der Waals surface area contributed by atoms with Crippen LogP contribution < -0.4 is 0 Å². The third-order valence-electron chi connectivity index (χ3n) is 4.12. The summed E-state index contributed by atoms with van der Waals surface area (Å²) in [5, 5.41) is 3.83. The summed E-state index contributed by atoms with van der Waals surface area (Å²) >= 11 is 0. The van der Waals surface area contributed by atoms with Crippen molar-refractivity contribution in [1.29, 1.82) is 0 Å². The Labute approximate surface area is 106 Å². The number of aryl methyl sites for hydroxylation is 1. The van der Waals surface area contributed by atoms with Gasteiger partial charge in [-0.3, -0.25) is 4.79 Å². The molecule has 0 radical (unpaired) electrons. The van der Waals surface area contributed by atoms with Crippen molar-refractivity contribution in [1.82, 2.24) is 10.1 Å². The monoisotopic (exact) mass is 250 g/mol. The lowest BCUT2D eigenvalue weighted by Crippen LogP contribution is -2.58. The first-order chi connectivity index (χ1) is 8.63. The van der Waals surface area contributed by atoms with Gasteiger partial charge in [-0.25, -0.2) is 0 Å². The summed E-state index contributed by atoms with van der Waals surface area (Å²) in [5.74, 6) is 0.535. The van der Waals surface area contributed by atoms with Crippen LogP contribution in [0.2, 0.25) is 0 Å². The van der Waals surface area contributed by atoms with Crippen LogP contribution in [0.15, 0.2) is 10.8 Å². The molecule has 5 heteroatoms. The molecule has 98 valence electrons. The van der Waals surface area contributed by atoms with E-state index in [4.69, 9.17) is 9.26 Å². The lowest BCUT2D eigenvalue weighted by atomic mass is 9.92. The Morgan fingerprint density at radius 1 is 1.56 bits per heavy atom. The molecule has 18 heavy (non-hydrogen) atoms. The Morgan fingerprint density at radius 3 is 2.94 bits per heavy atom. The second kappa shape index (κ2) is 4.09. The molecule has 0 N–H and O–H groups in total. The third-order valence-corrected chi connectivity index (χ3v) is 4.12. The van der Waals surface area contributed by atoms with Gasteiger partial charge >= 0.3 is 0 Å². The predicted octanol–water partition coefficient (Wildman–Crippen LogP) is 1.62. The highest BCUT2D eigenvalue weighted by Gasteiger charge is 2.49. The van der Waals surface area contributed by atoms with Gasteiger partial charge in [-0.05, 0) is 32.6 Å². The van der Waals surface area contributed by atoms with Gasteiger partial charge in [0.25, 0.3) is 5.91 Å². The molecule has 1 aromatic heterocycles. The van der Waals surface area contributed by atoms with Crippen LogP contribution in [0.4, 0.5) is 0 Å². The minimum Gasteiger partial charge on any atom is -0.377 e. The molecule has 1 aliphatic carbocycles. The lowest BCUT2D eigenvalue weighted by molar-refractivity contribution is -0.0551.